The van der Waals surface area contributed by atoms with Crippen molar-refractivity contribution in [1.82, 2.24) is 10.2 Å². The number of nitrogens with zero attached hydrogens (tertiary/aromatic N) is 1. The standard InChI is InChI=1S/C28H34N2O5/c1-2-8-20(15-26(31)30-16-19(17-30)9-7-14-27(32)33)29-28(34)35-18-25-23-12-5-3-10-21(23)22-11-4-6-13-24(22)25/h3-6,10-13,19-20,25H,2,7-9,14-18H2,1H3,(H,29,34)(H,32,33). The van der Waals surface area contributed by atoms with Crippen molar-refractivity contribution in [1.29, 1.82) is 0 Å². The molecule has 0 aromatic heterocycles. The number of benzene rings is 2. The minimum absolute atomic E-state index is 0.00134. The van der Waals surface area contributed by atoms with Crippen molar-refractivity contribution in [3.05, 3.63) is 59.7 Å². The Morgan fingerprint density at radius 3 is 2.29 bits per heavy atom. The number of carboxylic acid groups (broad SMARTS) is 1. The molecule has 0 bridgehead atoms. The highest BCUT2D eigenvalue weighted by Gasteiger charge is 2.32. The largest absolute Gasteiger partial charge is 0.481 e. The van der Waals surface area contributed by atoms with E-state index in [1.165, 1.54) is 11.1 Å². The third-order valence-corrected chi connectivity index (χ3v) is 7.04. The molecule has 35 heavy (non-hydrogen) atoms. The van der Waals surface area contributed by atoms with Crippen molar-refractivity contribution in [3.8, 4) is 11.1 Å². The lowest BCUT2D eigenvalue weighted by molar-refractivity contribution is -0.140. The molecular formula is C28H34N2O5. The molecule has 2 aromatic rings. The minimum Gasteiger partial charge on any atom is -0.481 e. The van der Waals surface area contributed by atoms with Crippen LogP contribution < -0.4 is 5.32 Å². The van der Waals surface area contributed by atoms with Gasteiger partial charge in [-0.25, -0.2) is 4.79 Å². The number of ether oxygens (including phenoxy) is 1. The minimum atomic E-state index is -0.779. The van der Waals surface area contributed by atoms with E-state index in [0.29, 0.717) is 31.8 Å². The van der Waals surface area contributed by atoms with Crippen molar-refractivity contribution in [3.63, 3.8) is 0 Å². The number of carboxylic acids is 1. The summed E-state index contributed by atoms with van der Waals surface area (Å²) in [6.45, 7) is 3.61. The third kappa shape index (κ3) is 6.02. The van der Waals surface area contributed by atoms with Gasteiger partial charge in [0.2, 0.25) is 5.91 Å². The summed E-state index contributed by atoms with van der Waals surface area (Å²) in [4.78, 5) is 37.8. The van der Waals surface area contributed by atoms with Crippen LogP contribution in [0.2, 0.25) is 0 Å². The van der Waals surface area contributed by atoms with Gasteiger partial charge in [-0.15, -0.1) is 0 Å². The molecular weight excluding hydrogens is 444 g/mol. The predicted octanol–water partition coefficient (Wildman–Crippen LogP) is 4.80. The van der Waals surface area contributed by atoms with Gasteiger partial charge in [-0.2, -0.15) is 0 Å². The number of alkyl carbamates (subject to hydrolysis) is 1. The first-order valence-corrected chi connectivity index (χ1v) is 12.6. The molecule has 0 saturated carbocycles. The van der Waals surface area contributed by atoms with E-state index in [0.717, 1.165) is 24.0 Å². The number of hydrogen-bond acceptors (Lipinski definition) is 4. The smallest absolute Gasteiger partial charge is 0.407 e. The Labute approximate surface area is 206 Å². The maximum atomic E-state index is 12.7. The Morgan fingerprint density at radius 2 is 1.69 bits per heavy atom. The number of rotatable bonds is 11. The lowest BCUT2D eigenvalue weighted by atomic mass is 9.93. The highest BCUT2D eigenvalue weighted by Crippen LogP contribution is 2.44. The molecule has 1 aliphatic heterocycles. The van der Waals surface area contributed by atoms with Gasteiger partial charge in [0.25, 0.3) is 0 Å². The summed E-state index contributed by atoms with van der Waals surface area (Å²) in [6, 6.07) is 16.2. The average Bonchev–Trinajstić information content (AvgIpc) is 3.13. The van der Waals surface area contributed by atoms with E-state index in [-0.39, 0.29) is 37.3 Å². The molecule has 2 amide bonds. The van der Waals surface area contributed by atoms with E-state index in [1.807, 2.05) is 31.2 Å². The van der Waals surface area contributed by atoms with Crippen LogP contribution in [-0.4, -0.2) is 53.7 Å². The van der Waals surface area contributed by atoms with E-state index in [2.05, 4.69) is 29.6 Å². The summed E-state index contributed by atoms with van der Waals surface area (Å²) < 4.78 is 5.66. The van der Waals surface area contributed by atoms with Gasteiger partial charge in [0.1, 0.15) is 6.61 Å². The SMILES string of the molecule is CCCC(CC(=O)N1CC(CCCC(=O)O)C1)NC(=O)OCC1c2ccccc2-c2ccccc21. The molecule has 2 aliphatic rings. The molecule has 0 radical (unpaired) electrons. The van der Waals surface area contributed by atoms with Gasteiger partial charge in [0.15, 0.2) is 0 Å². The van der Waals surface area contributed by atoms with Crippen LogP contribution in [0, 0.1) is 5.92 Å². The second-order valence-electron chi connectivity index (χ2n) is 9.61. The van der Waals surface area contributed by atoms with Crippen LogP contribution in [0.25, 0.3) is 11.1 Å². The average molecular weight is 479 g/mol. The van der Waals surface area contributed by atoms with Crippen LogP contribution in [-0.2, 0) is 14.3 Å². The fourth-order valence-electron chi connectivity index (χ4n) is 5.22. The maximum absolute atomic E-state index is 12.7. The normalized spacial score (nSPS) is 15.6. The van der Waals surface area contributed by atoms with Crippen LogP contribution in [0.15, 0.2) is 48.5 Å². The zero-order chi connectivity index (χ0) is 24.8. The number of likely N-dealkylation sites (tertiary alicyclic amines) is 1. The van der Waals surface area contributed by atoms with E-state index in [9.17, 15) is 14.4 Å². The monoisotopic (exact) mass is 478 g/mol. The summed E-state index contributed by atoms with van der Waals surface area (Å²) in [5.41, 5.74) is 4.69. The number of hydrogen-bond donors (Lipinski definition) is 2. The number of carbonyl (C=O) groups is 3. The van der Waals surface area contributed by atoms with Crippen LogP contribution in [0.1, 0.15) is 62.5 Å². The summed E-state index contributed by atoms with van der Waals surface area (Å²) in [5, 5.41) is 11.7. The highest BCUT2D eigenvalue weighted by atomic mass is 16.5. The van der Waals surface area contributed by atoms with Crippen LogP contribution in [0.4, 0.5) is 4.79 Å². The first kappa shape index (κ1) is 24.8. The fourth-order valence-corrected chi connectivity index (χ4v) is 5.22. The first-order valence-electron chi connectivity index (χ1n) is 12.6. The second-order valence-corrected chi connectivity index (χ2v) is 9.61. The van der Waals surface area contributed by atoms with Gasteiger partial charge in [0, 0.05) is 37.9 Å². The Kier molecular flexibility index (Phi) is 8.06. The van der Waals surface area contributed by atoms with Crippen molar-refractivity contribution in [2.45, 2.75) is 57.4 Å². The van der Waals surface area contributed by atoms with Gasteiger partial charge in [-0.3, -0.25) is 9.59 Å². The summed E-state index contributed by atoms with van der Waals surface area (Å²) in [6.07, 6.45) is 2.95. The molecule has 1 unspecified atom stereocenters. The first-order chi connectivity index (χ1) is 17.0. The van der Waals surface area contributed by atoms with Gasteiger partial charge in [0.05, 0.1) is 0 Å². The molecule has 1 saturated heterocycles. The number of aliphatic carboxylic acids is 1. The molecule has 186 valence electrons. The number of fused-ring (bicyclic) bond motifs is 3. The molecule has 1 fully saturated rings. The maximum Gasteiger partial charge on any atom is 0.407 e. The van der Waals surface area contributed by atoms with Crippen molar-refractivity contribution < 1.29 is 24.2 Å². The zero-order valence-electron chi connectivity index (χ0n) is 20.2. The molecule has 7 heteroatoms. The Bertz CT molecular complexity index is 1020. The van der Waals surface area contributed by atoms with Gasteiger partial charge in [-0.05, 0) is 47.4 Å². The van der Waals surface area contributed by atoms with Gasteiger partial charge >= 0.3 is 12.1 Å². The topological polar surface area (TPSA) is 95.9 Å². The van der Waals surface area contributed by atoms with Gasteiger partial charge in [-0.1, -0.05) is 61.9 Å². The predicted molar refractivity (Wildman–Crippen MR) is 133 cm³/mol. The highest BCUT2D eigenvalue weighted by molar-refractivity contribution is 5.80. The van der Waals surface area contributed by atoms with Crippen molar-refractivity contribution >= 4 is 18.0 Å². The van der Waals surface area contributed by atoms with E-state index >= 15 is 0 Å². The summed E-state index contributed by atoms with van der Waals surface area (Å²) >= 11 is 0. The molecule has 1 aliphatic carbocycles. The molecule has 7 nitrogen and oxygen atoms in total. The molecule has 2 aromatic carbocycles. The fraction of sp³-hybridized carbons (Fsp3) is 0.464. The number of nitrogens with one attached hydrogen (secondary N) is 1. The van der Waals surface area contributed by atoms with E-state index < -0.39 is 12.1 Å². The van der Waals surface area contributed by atoms with Crippen LogP contribution >= 0.6 is 0 Å². The number of carbonyl (C=O) groups excluding carboxylic acids is 2. The van der Waals surface area contributed by atoms with Gasteiger partial charge < -0.3 is 20.1 Å². The Balaban J connectivity index is 1.26. The number of amides is 2. The molecule has 1 heterocycles. The third-order valence-electron chi connectivity index (χ3n) is 7.04. The van der Waals surface area contributed by atoms with Crippen molar-refractivity contribution in [2.24, 2.45) is 5.92 Å². The zero-order valence-corrected chi connectivity index (χ0v) is 20.2. The lowest BCUT2D eigenvalue weighted by Gasteiger charge is -2.40. The van der Waals surface area contributed by atoms with Crippen LogP contribution in [0.5, 0.6) is 0 Å². The summed E-state index contributed by atoms with van der Waals surface area (Å²) in [7, 11) is 0. The van der Waals surface area contributed by atoms with Crippen LogP contribution in [0.3, 0.4) is 0 Å². The quantitative estimate of drug-likeness (QED) is 0.484. The summed E-state index contributed by atoms with van der Waals surface area (Å²) in [5.74, 6) is -0.382. The Hall–Kier alpha value is -3.35. The lowest BCUT2D eigenvalue weighted by Crippen LogP contribution is -2.51. The molecule has 4 rings (SSSR count). The Morgan fingerprint density at radius 1 is 1.06 bits per heavy atom. The van der Waals surface area contributed by atoms with E-state index in [4.69, 9.17) is 9.84 Å². The molecule has 2 N–H and O–H groups in total. The molecule has 1 atom stereocenters. The van der Waals surface area contributed by atoms with Crippen molar-refractivity contribution in [2.75, 3.05) is 19.7 Å². The molecule has 0 spiro atoms. The van der Waals surface area contributed by atoms with E-state index in [1.54, 1.807) is 4.90 Å². The second kappa shape index (κ2) is 11.4.